The van der Waals surface area contributed by atoms with Gasteiger partial charge in [-0.25, -0.2) is 9.78 Å². The van der Waals surface area contributed by atoms with Gasteiger partial charge in [0.2, 0.25) is 0 Å². The number of carbonyl (C=O) groups is 1. The molecule has 0 radical (unpaired) electrons. The van der Waals surface area contributed by atoms with E-state index in [0.717, 1.165) is 10.8 Å². The van der Waals surface area contributed by atoms with Crippen LogP contribution in [-0.2, 0) is 0 Å². The highest BCUT2D eigenvalue weighted by Crippen LogP contribution is 2.42. The molecule has 0 saturated carbocycles. The Kier molecular flexibility index (Phi) is 4.26. The van der Waals surface area contributed by atoms with Crippen molar-refractivity contribution in [3.63, 3.8) is 0 Å². The van der Waals surface area contributed by atoms with Crippen molar-refractivity contribution in [3.05, 3.63) is 64.2 Å². The van der Waals surface area contributed by atoms with Crippen molar-refractivity contribution < 1.29 is 15.0 Å². The molecular weight excluding hydrogens is 420 g/mol. The van der Waals surface area contributed by atoms with Crippen LogP contribution in [0.4, 0.5) is 10.5 Å². The Bertz CT molecular complexity index is 1440. The second-order valence-corrected chi connectivity index (χ2v) is 7.94. The molecule has 0 unspecified atom stereocenters. The van der Waals surface area contributed by atoms with Crippen LogP contribution in [-0.4, -0.2) is 43.8 Å². The lowest BCUT2D eigenvalue weighted by Crippen LogP contribution is -2.52. The first-order chi connectivity index (χ1) is 14.8. The van der Waals surface area contributed by atoms with Crippen LogP contribution in [0.25, 0.3) is 32.8 Å². The summed E-state index contributed by atoms with van der Waals surface area (Å²) in [5.74, 6) is 0.0700. The highest BCUT2D eigenvalue weighted by atomic mass is 35.5. The third kappa shape index (κ3) is 2.95. The van der Waals surface area contributed by atoms with E-state index in [4.69, 9.17) is 22.4 Å². The molecule has 1 aromatic heterocycles. The number of anilines is 1. The number of fused-ring (bicyclic) bond motifs is 2. The second kappa shape index (κ2) is 6.88. The van der Waals surface area contributed by atoms with Crippen molar-refractivity contribution in [2.24, 2.45) is 0 Å². The molecule has 0 bridgehead atoms. The van der Waals surface area contributed by atoms with Gasteiger partial charge in [0.15, 0.2) is 0 Å². The van der Waals surface area contributed by atoms with Gasteiger partial charge in [-0.1, -0.05) is 35.9 Å². The monoisotopic (exact) mass is 436 g/mol. The van der Waals surface area contributed by atoms with Crippen LogP contribution >= 0.6 is 11.6 Å². The molecule has 1 aliphatic rings. The molecular formula is C22H17ClN4O4. The molecule has 0 atom stereocenters. The Morgan fingerprint density at radius 2 is 1.90 bits per heavy atom. The molecule has 4 aromatic rings. The van der Waals surface area contributed by atoms with Gasteiger partial charge in [0, 0.05) is 24.3 Å². The summed E-state index contributed by atoms with van der Waals surface area (Å²) in [6.45, 7) is 0.442. The molecule has 1 saturated heterocycles. The van der Waals surface area contributed by atoms with Crippen molar-refractivity contribution in [2.45, 2.75) is 6.04 Å². The van der Waals surface area contributed by atoms with E-state index in [2.05, 4.69) is 4.98 Å². The Labute approximate surface area is 180 Å². The Morgan fingerprint density at radius 1 is 1.16 bits per heavy atom. The third-order valence-corrected chi connectivity index (χ3v) is 6.06. The Balaban J connectivity index is 1.69. The van der Waals surface area contributed by atoms with Crippen LogP contribution in [0, 0.1) is 0 Å². The highest BCUT2D eigenvalue weighted by Gasteiger charge is 2.33. The van der Waals surface area contributed by atoms with Gasteiger partial charge < -0.3 is 20.8 Å². The fourth-order valence-electron chi connectivity index (χ4n) is 4.08. The van der Waals surface area contributed by atoms with Crippen LogP contribution < -0.4 is 11.3 Å². The first-order valence-corrected chi connectivity index (χ1v) is 9.91. The minimum atomic E-state index is -1.02. The molecule has 0 aliphatic carbocycles. The zero-order chi connectivity index (χ0) is 21.9. The number of rotatable bonds is 2. The number of nitrogen functional groups attached to an aromatic ring is 1. The topological polar surface area (TPSA) is 122 Å². The lowest BCUT2D eigenvalue weighted by atomic mass is 9.95. The summed E-state index contributed by atoms with van der Waals surface area (Å²) in [4.78, 5) is 29.7. The molecule has 5 rings (SSSR count). The number of aromatic hydroxyl groups is 1. The molecule has 1 fully saturated rings. The maximum absolute atomic E-state index is 13.1. The summed E-state index contributed by atoms with van der Waals surface area (Å²) in [5.41, 5.74) is 7.72. The maximum atomic E-state index is 13.1. The number of halogens is 1. The van der Waals surface area contributed by atoms with Crippen LogP contribution in [0.3, 0.4) is 0 Å². The standard InChI is InChI=1S/C22H17ClN4O4/c23-19-18(15-6-13(28)5-11-3-1-2-4-14(11)15)17(24)7-16-20(19)25-10-27(21(16)29)12-8-26(9-12)22(30)31/h1-7,10,12,28H,8-9,24H2,(H,30,31). The van der Waals surface area contributed by atoms with Crippen molar-refractivity contribution >= 4 is 45.1 Å². The molecule has 4 N–H and O–H groups in total. The second-order valence-electron chi connectivity index (χ2n) is 7.56. The highest BCUT2D eigenvalue weighted by molar-refractivity contribution is 6.39. The summed E-state index contributed by atoms with van der Waals surface area (Å²) in [5, 5.41) is 21.4. The number of carboxylic acid groups (broad SMARTS) is 1. The first-order valence-electron chi connectivity index (χ1n) is 9.54. The maximum Gasteiger partial charge on any atom is 0.407 e. The van der Waals surface area contributed by atoms with Gasteiger partial charge in [-0.2, -0.15) is 0 Å². The average Bonchev–Trinajstić information content (AvgIpc) is 2.68. The van der Waals surface area contributed by atoms with Crippen LogP contribution in [0.2, 0.25) is 5.02 Å². The lowest BCUT2D eigenvalue weighted by Gasteiger charge is -2.37. The quantitative estimate of drug-likeness (QED) is 0.412. The van der Waals surface area contributed by atoms with Crippen LogP contribution in [0.15, 0.2) is 53.6 Å². The molecule has 9 heteroatoms. The number of benzene rings is 3. The number of hydrogen-bond acceptors (Lipinski definition) is 5. The molecule has 0 spiro atoms. The molecule has 2 heterocycles. The van der Waals surface area contributed by atoms with Gasteiger partial charge in [0.25, 0.3) is 5.56 Å². The molecule has 1 aliphatic heterocycles. The summed E-state index contributed by atoms with van der Waals surface area (Å²) >= 11 is 6.69. The number of nitrogens with zero attached hydrogens (tertiary/aromatic N) is 3. The smallest absolute Gasteiger partial charge is 0.407 e. The fraction of sp³-hybridized carbons (Fsp3) is 0.136. The van der Waals surface area contributed by atoms with E-state index in [9.17, 15) is 14.7 Å². The lowest BCUT2D eigenvalue weighted by molar-refractivity contribution is 0.0842. The molecule has 156 valence electrons. The predicted octanol–water partition coefficient (Wildman–Crippen LogP) is 3.69. The van der Waals surface area contributed by atoms with E-state index in [-0.39, 0.29) is 46.5 Å². The average molecular weight is 437 g/mol. The van der Waals surface area contributed by atoms with E-state index in [1.165, 1.54) is 21.9 Å². The van der Waals surface area contributed by atoms with Gasteiger partial charge >= 0.3 is 6.09 Å². The number of phenolic OH excluding ortho intramolecular Hbond substituents is 1. The largest absolute Gasteiger partial charge is 0.508 e. The van der Waals surface area contributed by atoms with E-state index in [1.54, 1.807) is 12.1 Å². The molecule has 1 amide bonds. The number of aromatic nitrogens is 2. The zero-order valence-electron chi connectivity index (χ0n) is 16.1. The SMILES string of the molecule is Nc1cc2c(=O)n(C3CN(C(=O)O)C3)cnc2c(Cl)c1-c1cc(O)cc2ccccc12. The van der Waals surface area contributed by atoms with Crippen molar-refractivity contribution in [1.82, 2.24) is 14.5 Å². The number of amides is 1. The normalized spacial score (nSPS) is 14.2. The Hall–Kier alpha value is -3.78. The zero-order valence-corrected chi connectivity index (χ0v) is 16.9. The van der Waals surface area contributed by atoms with Gasteiger partial charge in [-0.05, 0) is 34.5 Å². The van der Waals surface area contributed by atoms with Gasteiger partial charge in [-0.15, -0.1) is 0 Å². The minimum absolute atomic E-state index is 0.0700. The Morgan fingerprint density at radius 3 is 2.65 bits per heavy atom. The van der Waals surface area contributed by atoms with Crippen molar-refractivity contribution in [2.75, 3.05) is 18.8 Å². The third-order valence-electron chi connectivity index (χ3n) is 5.69. The van der Waals surface area contributed by atoms with Gasteiger partial charge in [-0.3, -0.25) is 9.36 Å². The molecule has 3 aromatic carbocycles. The first kappa shape index (κ1) is 19.2. The predicted molar refractivity (Wildman–Crippen MR) is 119 cm³/mol. The van der Waals surface area contributed by atoms with Gasteiger partial charge in [0.05, 0.1) is 28.3 Å². The minimum Gasteiger partial charge on any atom is -0.508 e. The number of phenols is 1. The summed E-state index contributed by atoms with van der Waals surface area (Å²) in [6, 6.07) is 12.0. The summed E-state index contributed by atoms with van der Waals surface area (Å²) < 4.78 is 1.42. The van der Waals surface area contributed by atoms with E-state index < -0.39 is 6.09 Å². The van der Waals surface area contributed by atoms with E-state index >= 15 is 0 Å². The van der Waals surface area contributed by atoms with Crippen LogP contribution in [0.5, 0.6) is 5.75 Å². The van der Waals surface area contributed by atoms with E-state index in [1.807, 2.05) is 24.3 Å². The summed E-state index contributed by atoms with van der Waals surface area (Å²) in [6.07, 6.45) is 0.370. The van der Waals surface area contributed by atoms with Crippen LogP contribution in [0.1, 0.15) is 6.04 Å². The van der Waals surface area contributed by atoms with Crippen molar-refractivity contribution in [1.29, 1.82) is 0 Å². The number of hydrogen-bond donors (Lipinski definition) is 3. The van der Waals surface area contributed by atoms with Gasteiger partial charge in [0.1, 0.15) is 5.75 Å². The van der Waals surface area contributed by atoms with E-state index in [0.29, 0.717) is 16.6 Å². The number of likely N-dealkylation sites (tertiary alicyclic amines) is 1. The van der Waals surface area contributed by atoms with Crippen molar-refractivity contribution in [3.8, 4) is 16.9 Å². The molecule has 8 nitrogen and oxygen atoms in total. The summed E-state index contributed by atoms with van der Waals surface area (Å²) in [7, 11) is 0. The molecule has 31 heavy (non-hydrogen) atoms. The fourth-order valence-corrected chi connectivity index (χ4v) is 4.44. The number of nitrogens with two attached hydrogens (primary N) is 1.